The fourth-order valence-corrected chi connectivity index (χ4v) is 5.38. The topological polar surface area (TPSA) is 101 Å². The number of anilines is 1. The Morgan fingerprint density at radius 1 is 1.10 bits per heavy atom. The molecule has 0 amide bonds. The number of aryl methyl sites for hydroxylation is 3. The lowest BCUT2D eigenvalue weighted by molar-refractivity contribution is -0.146. The number of nitrogens with zero attached hydrogens (tertiary/aromatic N) is 4. The summed E-state index contributed by atoms with van der Waals surface area (Å²) in [5.41, 5.74) is 1.12. The Balaban J connectivity index is 1.75. The average molecular weight is 448 g/mol. The van der Waals surface area contributed by atoms with Crippen LogP contribution < -0.4 is 10.0 Å². The molecule has 2 N–H and O–H groups in total. The molecule has 0 aromatic carbocycles. The SMILES string of the molecule is Cc1cc(S(=O)(=O)NCCNc2nn3c(C(F)(F)F)nnc3c(C)c2C)c(C)s1. The lowest BCUT2D eigenvalue weighted by Gasteiger charge is -2.13. The summed E-state index contributed by atoms with van der Waals surface area (Å²) < 4.78 is 67.2. The van der Waals surface area contributed by atoms with Gasteiger partial charge in [0, 0.05) is 28.4 Å². The Hall–Kier alpha value is -2.25. The van der Waals surface area contributed by atoms with E-state index in [-0.39, 0.29) is 29.5 Å². The predicted molar refractivity (Wildman–Crippen MR) is 103 cm³/mol. The average Bonchev–Trinajstić information content (AvgIpc) is 3.18. The second-order valence-corrected chi connectivity index (χ2v) is 9.65. The highest BCUT2D eigenvalue weighted by atomic mass is 32.2. The Morgan fingerprint density at radius 2 is 1.79 bits per heavy atom. The van der Waals surface area contributed by atoms with Gasteiger partial charge in [-0.2, -0.15) is 17.7 Å². The van der Waals surface area contributed by atoms with Crippen LogP contribution in [0.25, 0.3) is 5.65 Å². The number of rotatable bonds is 6. The molecule has 3 heterocycles. The van der Waals surface area contributed by atoms with Crippen LogP contribution in [0.5, 0.6) is 0 Å². The van der Waals surface area contributed by atoms with Crippen molar-refractivity contribution < 1.29 is 21.6 Å². The van der Waals surface area contributed by atoms with E-state index in [1.807, 2.05) is 6.92 Å². The van der Waals surface area contributed by atoms with Crippen molar-refractivity contribution in [2.75, 3.05) is 18.4 Å². The number of hydrogen-bond donors (Lipinski definition) is 2. The summed E-state index contributed by atoms with van der Waals surface area (Å²) in [6.07, 6.45) is -4.70. The molecular formula is C16H19F3N6O2S2. The van der Waals surface area contributed by atoms with Gasteiger partial charge in [0.25, 0.3) is 5.82 Å². The second-order valence-electron chi connectivity index (χ2n) is 6.46. The van der Waals surface area contributed by atoms with E-state index in [1.54, 1.807) is 26.8 Å². The van der Waals surface area contributed by atoms with Gasteiger partial charge in [-0.3, -0.25) is 0 Å². The first-order valence-electron chi connectivity index (χ1n) is 8.52. The summed E-state index contributed by atoms with van der Waals surface area (Å²) in [5.74, 6) is -1.02. The van der Waals surface area contributed by atoms with Crippen LogP contribution in [0.15, 0.2) is 11.0 Å². The summed E-state index contributed by atoms with van der Waals surface area (Å²) in [4.78, 5) is 1.80. The summed E-state index contributed by atoms with van der Waals surface area (Å²) in [7, 11) is -3.67. The third-order valence-electron chi connectivity index (χ3n) is 4.34. The van der Waals surface area contributed by atoms with E-state index >= 15 is 0 Å². The fourth-order valence-electron chi connectivity index (χ4n) is 2.79. The third-order valence-corrected chi connectivity index (χ3v) is 7.02. The number of fused-ring (bicyclic) bond motifs is 1. The van der Waals surface area contributed by atoms with Gasteiger partial charge in [-0.05, 0) is 39.3 Å². The fraction of sp³-hybridized carbons (Fsp3) is 0.438. The quantitative estimate of drug-likeness (QED) is 0.563. The van der Waals surface area contributed by atoms with Crippen LogP contribution in [-0.4, -0.2) is 41.3 Å². The maximum absolute atomic E-state index is 13.1. The summed E-state index contributed by atoms with van der Waals surface area (Å²) in [6, 6.07) is 1.60. The number of nitrogens with one attached hydrogen (secondary N) is 2. The van der Waals surface area contributed by atoms with Crippen LogP contribution in [0, 0.1) is 27.7 Å². The molecule has 0 fully saturated rings. The number of sulfonamides is 1. The molecule has 0 aliphatic rings. The molecule has 0 atom stereocenters. The number of hydrogen-bond acceptors (Lipinski definition) is 7. The van der Waals surface area contributed by atoms with Crippen LogP contribution in [0.2, 0.25) is 0 Å². The van der Waals surface area contributed by atoms with Gasteiger partial charge in [0.05, 0.1) is 4.90 Å². The Bertz CT molecular complexity index is 1170. The van der Waals surface area contributed by atoms with Gasteiger partial charge in [-0.25, -0.2) is 13.1 Å². The summed E-state index contributed by atoms with van der Waals surface area (Å²) in [6.45, 7) is 7.02. The maximum atomic E-state index is 13.1. The zero-order chi connectivity index (χ0) is 21.6. The normalized spacial score (nSPS) is 12.7. The molecule has 13 heteroatoms. The lowest BCUT2D eigenvalue weighted by Crippen LogP contribution is -2.29. The number of aromatic nitrogens is 4. The molecule has 0 aliphatic heterocycles. The Labute approximate surface area is 169 Å². The molecule has 3 aromatic rings. The zero-order valence-corrected chi connectivity index (χ0v) is 17.7. The molecule has 0 aliphatic carbocycles. The van der Waals surface area contributed by atoms with Crippen molar-refractivity contribution in [3.05, 3.63) is 32.8 Å². The van der Waals surface area contributed by atoms with E-state index in [0.717, 1.165) is 4.88 Å². The van der Waals surface area contributed by atoms with Crippen molar-refractivity contribution in [3.63, 3.8) is 0 Å². The molecule has 3 aromatic heterocycles. The van der Waals surface area contributed by atoms with Crippen molar-refractivity contribution in [2.24, 2.45) is 0 Å². The summed E-state index contributed by atoms with van der Waals surface area (Å²) in [5, 5.41) is 13.6. The van der Waals surface area contributed by atoms with Crippen molar-refractivity contribution in [2.45, 2.75) is 38.8 Å². The van der Waals surface area contributed by atoms with Crippen molar-refractivity contribution >= 4 is 32.8 Å². The van der Waals surface area contributed by atoms with Gasteiger partial charge in [-0.1, -0.05) is 0 Å². The minimum absolute atomic E-state index is 0.0179. The minimum atomic E-state index is -4.70. The van der Waals surface area contributed by atoms with Crippen molar-refractivity contribution in [1.29, 1.82) is 0 Å². The standard InChI is InChI=1S/C16H19F3N6O2S2/c1-8-7-12(11(4)28-8)29(26,27)21-6-5-20-13-9(2)10(3)14-22-23-15(16(17,18)19)25(14)24-13/h7,21H,5-6H2,1-4H3,(H,20,24). The van der Waals surface area contributed by atoms with Crippen molar-refractivity contribution in [3.8, 4) is 0 Å². The van der Waals surface area contributed by atoms with Crippen LogP contribution in [0.4, 0.5) is 19.0 Å². The maximum Gasteiger partial charge on any atom is 0.453 e. The first-order valence-corrected chi connectivity index (χ1v) is 10.8. The van der Waals surface area contributed by atoms with E-state index < -0.39 is 22.0 Å². The Morgan fingerprint density at radius 3 is 2.38 bits per heavy atom. The molecule has 0 unspecified atom stereocenters. The zero-order valence-electron chi connectivity index (χ0n) is 16.0. The first kappa shape index (κ1) is 21.5. The monoisotopic (exact) mass is 448 g/mol. The molecule has 0 bridgehead atoms. The molecule has 0 spiro atoms. The minimum Gasteiger partial charge on any atom is -0.367 e. The molecule has 0 radical (unpaired) electrons. The smallest absolute Gasteiger partial charge is 0.367 e. The predicted octanol–water partition coefficient (Wildman–Crippen LogP) is 2.83. The lowest BCUT2D eigenvalue weighted by atomic mass is 10.2. The van der Waals surface area contributed by atoms with E-state index in [4.69, 9.17) is 0 Å². The number of halogens is 3. The van der Waals surface area contributed by atoms with Gasteiger partial charge in [0.15, 0.2) is 5.65 Å². The van der Waals surface area contributed by atoms with Gasteiger partial charge >= 0.3 is 6.18 Å². The van der Waals surface area contributed by atoms with E-state index in [0.29, 0.717) is 20.5 Å². The molecule has 0 saturated carbocycles. The van der Waals surface area contributed by atoms with Gasteiger partial charge in [-0.15, -0.1) is 26.6 Å². The number of alkyl halides is 3. The molecule has 3 rings (SSSR count). The van der Waals surface area contributed by atoms with Crippen molar-refractivity contribution in [1.82, 2.24) is 24.5 Å². The van der Waals surface area contributed by atoms with Gasteiger partial charge < -0.3 is 5.32 Å². The molecule has 158 valence electrons. The Kier molecular flexibility index (Phi) is 5.58. The number of thiophene rings is 1. The highest BCUT2D eigenvalue weighted by Crippen LogP contribution is 2.29. The second kappa shape index (κ2) is 7.54. The van der Waals surface area contributed by atoms with Crippen LogP contribution in [0.1, 0.15) is 26.7 Å². The summed E-state index contributed by atoms with van der Waals surface area (Å²) >= 11 is 1.39. The first-order chi connectivity index (χ1) is 13.4. The highest BCUT2D eigenvalue weighted by molar-refractivity contribution is 7.89. The van der Waals surface area contributed by atoms with Crippen LogP contribution >= 0.6 is 11.3 Å². The molecule has 29 heavy (non-hydrogen) atoms. The highest BCUT2D eigenvalue weighted by Gasteiger charge is 2.38. The molecular weight excluding hydrogens is 429 g/mol. The largest absolute Gasteiger partial charge is 0.453 e. The van der Waals surface area contributed by atoms with E-state index in [9.17, 15) is 21.6 Å². The molecule has 8 nitrogen and oxygen atoms in total. The third kappa shape index (κ3) is 4.21. The van der Waals surface area contributed by atoms with E-state index in [1.165, 1.54) is 11.3 Å². The van der Waals surface area contributed by atoms with E-state index in [2.05, 4.69) is 25.3 Å². The van der Waals surface area contributed by atoms with Gasteiger partial charge in [0.2, 0.25) is 10.0 Å². The van der Waals surface area contributed by atoms with Gasteiger partial charge in [0.1, 0.15) is 5.82 Å². The molecule has 0 saturated heterocycles. The van der Waals surface area contributed by atoms with Crippen LogP contribution in [0.3, 0.4) is 0 Å². The van der Waals surface area contributed by atoms with Crippen LogP contribution in [-0.2, 0) is 16.2 Å².